The van der Waals surface area contributed by atoms with Crippen LogP contribution in [0.2, 0.25) is 0 Å². The number of amides is 4. The van der Waals surface area contributed by atoms with E-state index in [1.165, 1.54) is 11.3 Å². The van der Waals surface area contributed by atoms with Gasteiger partial charge in [0, 0.05) is 56.9 Å². The summed E-state index contributed by atoms with van der Waals surface area (Å²) in [6.45, 7) is 8.86. The van der Waals surface area contributed by atoms with Crippen molar-refractivity contribution in [1.29, 1.82) is 0 Å². The van der Waals surface area contributed by atoms with Crippen molar-refractivity contribution in [3.8, 4) is 0 Å². The number of rotatable bonds is 4. The van der Waals surface area contributed by atoms with Gasteiger partial charge in [-0.2, -0.15) is 0 Å². The first-order chi connectivity index (χ1) is 17.3. The summed E-state index contributed by atoms with van der Waals surface area (Å²) in [4.78, 5) is 50.6. The molecule has 0 aliphatic carbocycles. The number of piperidine rings is 2. The molecule has 0 aromatic carbocycles. The maximum atomic E-state index is 13.7. The van der Waals surface area contributed by atoms with Crippen LogP contribution in [0.3, 0.4) is 0 Å². The maximum Gasteiger partial charge on any atom is 0.319 e. The lowest BCUT2D eigenvalue weighted by molar-refractivity contribution is -0.139. The molecule has 3 saturated heterocycles. The van der Waals surface area contributed by atoms with Gasteiger partial charge in [-0.05, 0) is 64.6 Å². The Hall–Kier alpha value is -2.72. The second kappa shape index (κ2) is 9.97. The van der Waals surface area contributed by atoms with Crippen LogP contribution in [0.5, 0.6) is 0 Å². The summed E-state index contributed by atoms with van der Waals surface area (Å²) >= 11 is 1.34. The molecule has 1 unspecified atom stereocenters. The van der Waals surface area contributed by atoms with Gasteiger partial charge in [-0.15, -0.1) is 0 Å². The summed E-state index contributed by atoms with van der Waals surface area (Å²) < 4.78 is 0. The predicted octanol–water partition coefficient (Wildman–Crippen LogP) is 3.30. The molecule has 2 aromatic heterocycles. The van der Waals surface area contributed by atoms with E-state index in [1.54, 1.807) is 7.05 Å². The lowest BCUT2D eigenvalue weighted by Crippen LogP contribution is -2.54. The van der Waals surface area contributed by atoms with Gasteiger partial charge >= 0.3 is 6.03 Å². The van der Waals surface area contributed by atoms with Crippen LogP contribution in [0.1, 0.15) is 55.1 Å². The van der Waals surface area contributed by atoms with E-state index in [-0.39, 0.29) is 17.4 Å². The highest BCUT2D eigenvalue weighted by Crippen LogP contribution is 2.42. The second-order valence-corrected chi connectivity index (χ2v) is 11.3. The number of nitrogens with zero attached hydrogens (tertiary/aromatic N) is 4. The average Bonchev–Trinajstić information content (AvgIpc) is 3.39. The maximum absolute atomic E-state index is 13.7. The molecule has 4 amide bonds. The van der Waals surface area contributed by atoms with Gasteiger partial charge in [0.25, 0.3) is 5.91 Å². The Bertz CT molecular complexity index is 1170. The van der Waals surface area contributed by atoms with Crippen molar-refractivity contribution in [3.63, 3.8) is 0 Å². The van der Waals surface area contributed by atoms with Gasteiger partial charge in [-0.25, -0.2) is 9.78 Å². The Morgan fingerprint density at radius 2 is 1.94 bits per heavy atom. The molecule has 1 spiro atoms. The van der Waals surface area contributed by atoms with Gasteiger partial charge in [0.1, 0.15) is 9.83 Å². The van der Waals surface area contributed by atoms with E-state index >= 15 is 0 Å². The summed E-state index contributed by atoms with van der Waals surface area (Å²) in [5.74, 6) is 0.281. The topological polar surface area (TPSA) is 97.9 Å². The molecule has 194 valence electrons. The number of hydrogen-bond donors (Lipinski definition) is 2. The first-order valence-electron chi connectivity index (χ1n) is 13.1. The molecule has 0 bridgehead atoms. The number of fused-ring (bicyclic) bond motifs is 1. The lowest BCUT2D eigenvalue weighted by atomic mass is 9.77. The number of carbonyl (C=O) groups is 3. The summed E-state index contributed by atoms with van der Waals surface area (Å²) in [7, 11) is 1.56. The third kappa shape index (κ3) is 4.45. The van der Waals surface area contributed by atoms with Crippen molar-refractivity contribution in [3.05, 3.63) is 23.4 Å². The highest BCUT2D eigenvalue weighted by molar-refractivity contribution is 7.23. The van der Waals surface area contributed by atoms with Crippen molar-refractivity contribution in [2.75, 3.05) is 51.6 Å². The highest BCUT2D eigenvalue weighted by atomic mass is 32.1. The number of aromatic nitrogens is 1. The number of likely N-dealkylation sites (tertiary alicyclic amines) is 3. The fourth-order valence-corrected chi connectivity index (χ4v) is 7.29. The minimum Gasteiger partial charge on any atom is -0.342 e. The molecule has 3 fully saturated rings. The summed E-state index contributed by atoms with van der Waals surface area (Å²) in [6.07, 6.45) is 4.81. The quantitative estimate of drug-likeness (QED) is 0.655. The Balaban J connectivity index is 1.29. The summed E-state index contributed by atoms with van der Waals surface area (Å²) in [5, 5.41) is 6.71. The van der Waals surface area contributed by atoms with Crippen LogP contribution in [0.15, 0.2) is 12.1 Å². The van der Waals surface area contributed by atoms with Crippen molar-refractivity contribution >= 4 is 44.4 Å². The van der Waals surface area contributed by atoms with Crippen molar-refractivity contribution in [2.45, 2.75) is 52.0 Å². The van der Waals surface area contributed by atoms with Gasteiger partial charge in [0.15, 0.2) is 0 Å². The minimum absolute atomic E-state index is 0.0589. The molecule has 2 aromatic rings. The molecule has 3 aliphatic heterocycles. The zero-order valence-electron chi connectivity index (χ0n) is 21.4. The van der Waals surface area contributed by atoms with Gasteiger partial charge in [-0.3, -0.25) is 19.8 Å². The summed E-state index contributed by atoms with van der Waals surface area (Å²) in [6, 6.07) is 3.86. The number of aryl methyl sites for hydroxylation is 1. The van der Waals surface area contributed by atoms with Crippen LogP contribution in [0.25, 0.3) is 10.2 Å². The van der Waals surface area contributed by atoms with Gasteiger partial charge < -0.3 is 15.1 Å². The van der Waals surface area contributed by atoms with E-state index in [2.05, 4.69) is 27.4 Å². The van der Waals surface area contributed by atoms with Gasteiger partial charge in [0.2, 0.25) is 5.91 Å². The zero-order chi connectivity index (χ0) is 25.4. The first kappa shape index (κ1) is 25.0. The van der Waals surface area contributed by atoms with Crippen molar-refractivity contribution < 1.29 is 14.4 Å². The smallest absolute Gasteiger partial charge is 0.319 e. The fourth-order valence-electron chi connectivity index (χ4n) is 6.18. The molecule has 9 nitrogen and oxygen atoms in total. The Morgan fingerprint density at radius 1 is 1.17 bits per heavy atom. The minimum atomic E-state index is -0.354. The molecule has 5 rings (SSSR count). The number of thiophene rings is 1. The standard InChI is InChI=1S/C26H36N6O3S/c1-4-30-15-11-26(24(30)34)10-5-12-32(16-26)18-8-13-31(14-9-18)23(33)20-19-7-6-17(2)28-21(19)36-22(20)29-25(35)27-3/h6-7,18H,4-5,8-16H2,1-3H3,(H2,27,29,35). The molecule has 0 saturated carbocycles. The number of carbonyl (C=O) groups excluding carboxylic acids is 3. The Morgan fingerprint density at radius 3 is 2.64 bits per heavy atom. The lowest BCUT2D eigenvalue weighted by Gasteiger charge is -2.45. The van der Waals surface area contributed by atoms with E-state index < -0.39 is 0 Å². The average molecular weight is 513 g/mol. The molecule has 3 aliphatic rings. The molecular formula is C26H36N6O3S. The van der Waals surface area contributed by atoms with Crippen molar-refractivity contribution in [2.24, 2.45) is 5.41 Å². The van der Waals surface area contributed by atoms with Crippen LogP contribution in [-0.4, -0.2) is 89.9 Å². The molecule has 5 heterocycles. The fraction of sp³-hybridized carbons (Fsp3) is 0.615. The van der Waals surface area contributed by atoms with E-state index in [0.29, 0.717) is 35.6 Å². The summed E-state index contributed by atoms with van der Waals surface area (Å²) in [5.41, 5.74) is 1.19. The van der Waals surface area contributed by atoms with E-state index in [4.69, 9.17) is 0 Å². The molecule has 0 radical (unpaired) electrons. The number of urea groups is 1. The molecular weight excluding hydrogens is 476 g/mol. The van der Waals surface area contributed by atoms with Gasteiger partial charge in [-0.1, -0.05) is 11.3 Å². The Labute approximate surface area is 216 Å². The Kier molecular flexibility index (Phi) is 6.91. The van der Waals surface area contributed by atoms with Gasteiger partial charge in [0.05, 0.1) is 11.0 Å². The van der Waals surface area contributed by atoms with Crippen LogP contribution >= 0.6 is 11.3 Å². The molecule has 1 atom stereocenters. The SMILES string of the molecule is CCN1CCC2(CCCN(C3CCN(C(=O)c4c(NC(=O)NC)sc5nc(C)ccc45)CC3)C2)C1=O. The largest absolute Gasteiger partial charge is 0.342 e. The molecule has 36 heavy (non-hydrogen) atoms. The normalized spacial score (nSPS) is 23.6. The second-order valence-electron chi connectivity index (χ2n) is 10.3. The molecule has 10 heteroatoms. The van der Waals surface area contributed by atoms with Crippen molar-refractivity contribution in [1.82, 2.24) is 25.0 Å². The van der Waals surface area contributed by atoms with Crippen LogP contribution in [0, 0.1) is 12.3 Å². The third-order valence-corrected chi connectivity index (χ3v) is 9.23. The monoisotopic (exact) mass is 512 g/mol. The zero-order valence-corrected chi connectivity index (χ0v) is 22.2. The van der Waals surface area contributed by atoms with E-state index in [1.807, 2.05) is 28.9 Å². The van der Waals surface area contributed by atoms with E-state index in [9.17, 15) is 14.4 Å². The molecule has 2 N–H and O–H groups in total. The third-order valence-electron chi connectivity index (χ3n) is 8.22. The number of pyridine rings is 1. The highest BCUT2D eigenvalue weighted by Gasteiger charge is 2.49. The van der Waals surface area contributed by atoms with Crippen LogP contribution in [-0.2, 0) is 4.79 Å². The number of hydrogen-bond acceptors (Lipinski definition) is 6. The van der Waals surface area contributed by atoms with Crippen LogP contribution in [0.4, 0.5) is 9.80 Å². The predicted molar refractivity (Wildman–Crippen MR) is 141 cm³/mol. The van der Waals surface area contributed by atoms with E-state index in [0.717, 1.165) is 74.2 Å². The number of anilines is 1. The first-order valence-corrected chi connectivity index (χ1v) is 13.9. The van der Waals surface area contributed by atoms with Crippen LogP contribution < -0.4 is 10.6 Å². The number of nitrogens with one attached hydrogen (secondary N) is 2.